The van der Waals surface area contributed by atoms with Crippen LogP contribution in [-0.2, 0) is 19.0 Å². The summed E-state index contributed by atoms with van der Waals surface area (Å²) in [6, 6.07) is 0. The van der Waals surface area contributed by atoms with Crippen LogP contribution in [0.4, 0.5) is 0 Å². The molecule has 0 aliphatic heterocycles. The predicted octanol–water partition coefficient (Wildman–Crippen LogP) is 1.39. The molecule has 1 unspecified atom stereocenters. The summed E-state index contributed by atoms with van der Waals surface area (Å²) in [5.41, 5.74) is 5.82. The highest BCUT2D eigenvalue weighted by Gasteiger charge is 2.21. The van der Waals surface area contributed by atoms with Gasteiger partial charge in [0, 0.05) is 20.0 Å². The van der Waals surface area contributed by atoms with Crippen LogP contribution in [0.5, 0.6) is 0 Å². The van der Waals surface area contributed by atoms with Gasteiger partial charge in [-0.1, -0.05) is 6.58 Å². The molecular weight excluding hydrogens is 234 g/mol. The highest BCUT2D eigenvalue weighted by Crippen LogP contribution is 2.20. The van der Waals surface area contributed by atoms with Crippen molar-refractivity contribution in [2.45, 2.75) is 25.9 Å². The first-order valence-corrected chi connectivity index (χ1v) is 5.74. The molecule has 0 aliphatic rings. The molecule has 0 radical (unpaired) electrons. The van der Waals surface area contributed by atoms with Crippen LogP contribution in [0.15, 0.2) is 23.7 Å². The second-order valence-corrected chi connectivity index (χ2v) is 3.82. The van der Waals surface area contributed by atoms with Gasteiger partial charge in [-0.25, -0.2) is 0 Å². The quantitative estimate of drug-likeness (QED) is 0.499. The first kappa shape index (κ1) is 16.7. The minimum atomic E-state index is -0.385. The van der Waals surface area contributed by atoms with Crippen molar-refractivity contribution in [2.24, 2.45) is 5.73 Å². The van der Waals surface area contributed by atoms with Crippen LogP contribution < -0.4 is 5.73 Å². The van der Waals surface area contributed by atoms with Crippen molar-refractivity contribution in [1.29, 1.82) is 0 Å². The summed E-state index contributed by atoms with van der Waals surface area (Å²) in [6.45, 7) is 5.85. The molecular formula is C13H23NO4. The summed E-state index contributed by atoms with van der Waals surface area (Å²) < 4.78 is 15.7. The van der Waals surface area contributed by atoms with Gasteiger partial charge in [-0.15, -0.1) is 0 Å². The van der Waals surface area contributed by atoms with E-state index in [-0.39, 0.29) is 11.9 Å². The molecule has 0 saturated heterocycles. The van der Waals surface area contributed by atoms with Crippen LogP contribution in [0.25, 0.3) is 0 Å². The van der Waals surface area contributed by atoms with E-state index in [1.165, 1.54) is 7.11 Å². The Morgan fingerprint density at radius 2 is 1.89 bits per heavy atom. The smallest absolute Gasteiger partial charge is 0.162 e. The highest BCUT2D eigenvalue weighted by atomic mass is 16.5. The lowest BCUT2D eigenvalue weighted by Crippen LogP contribution is -2.21. The Balaban J connectivity index is 4.80. The number of ether oxygens (including phenoxy) is 3. The average molecular weight is 257 g/mol. The number of nitrogens with two attached hydrogens (primary N) is 1. The van der Waals surface area contributed by atoms with E-state index in [1.807, 2.05) is 0 Å². The molecule has 0 heterocycles. The van der Waals surface area contributed by atoms with Crippen molar-refractivity contribution < 1.29 is 19.0 Å². The molecule has 2 N–H and O–H groups in total. The molecule has 104 valence electrons. The molecule has 0 fully saturated rings. The molecule has 18 heavy (non-hydrogen) atoms. The van der Waals surface area contributed by atoms with Crippen LogP contribution >= 0.6 is 0 Å². The number of hydrogen-bond donors (Lipinski definition) is 1. The van der Waals surface area contributed by atoms with Crippen LogP contribution in [0.1, 0.15) is 19.8 Å². The van der Waals surface area contributed by atoms with Gasteiger partial charge in [0.15, 0.2) is 11.5 Å². The number of carbonyl (C=O) groups excluding carboxylic acids is 1. The van der Waals surface area contributed by atoms with Crippen LogP contribution in [-0.4, -0.2) is 39.8 Å². The van der Waals surface area contributed by atoms with E-state index in [9.17, 15) is 4.79 Å². The van der Waals surface area contributed by atoms with Crippen molar-refractivity contribution in [3.05, 3.63) is 23.7 Å². The molecule has 0 aromatic carbocycles. The van der Waals surface area contributed by atoms with Gasteiger partial charge in [0.05, 0.1) is 14.2 Å². The third-order valence-corrected chi connectivity index (χ3v) is 2.65. The summed E-state index contributed by atoms with van der Waals surface area (Å²) in [4.78, 5) is 11.6. The van der Waals surface area contributed by atoms with E-state index in [2.05, 4.69) is 6.58 Å². The third-order valence-electron chi connectivity index (χ3n) is 2.65. The molecule has 0 bridgehead atoms. The van der Waals surface area contributed by atoms with Gasteiger partial charge in [-0.3, -0.25) is 4.79 Å². The number of allylic oxidation sites excluding steroid dienone is 1. The van der Waals surface area contributed by atoms with E-state index in [4.69, 9.17) is 19.9 Å². The molecule has 1 atom stereocenters. The standard InChI is InChI=1S/C13H23NO4/c1-9(11(15)6-7-14)8-12(17-4)13(18-5)10(2)16-3/h12H,1,6-8,14H2,2-5H3/b13-10-. The van der Waals surface area contributed by atoms with Crippen molar-refractivity contribution in [3.63, 3.8) is 0 Å². The molecule has 0 aromatic rings. The Hall–Kier alpha value is -1.33. The number of ketones is 1. The number of Topliss-reactive ketones (excluding diaryl/α,β-unsaturated/α-hetero) is 1. The molecule has 0 amide bonds. The van der Waals surface area contributed by atoms with Crippen molar-refractivity contribution in [3.8, 4) is 0 Å². The second kappa shape index (κ2) is 8.72. The minimum Gasteiger partial charge on any atom is -0.498 e. The predicted molar refractivity (Wildman–Crippen MR) is 70.0 cm³/mol. The number of carbonyl (C=O) groups is 1. The zero-order chi connectivity index (χ0) is 14.1. The van der Waals surface area contributed by atoms with E-state index < -0.39 is 0 Å². The summed E-state index contributed by atoms with van der Waals surface area (Å²) in [7, 11) is 4.64. The van der Waals surface area contributed by atoms with Crippen LogP contribution in [0.3, 0.4) is 0 Å². The first-order chi connectivity index (χ1) is 8.51. The van der Waals surface area contributed by atoms with Gasteiger partial charge >= 0.3 is 0 Å². The van der Waals surface area contributed by atoms with Gasteiger partial charge in [0.25, 0.3) is 0 Å². The fourth-order valence-corrected chi connectivity index (χ4v) is 1.53. The first-order valence-electron chi connectivity index (χ1n) is 5.74. The fraction of sp³-hybridized carbons (Fsp3) is 0.615. The SMILES string of the molecule is C=C(CC(OC)/C(OC)=C(\C)OC)C(=O)CCN. The molecule has 0 saturated carbocycles. The molecule has 5 heteroatoms. The molecule has 5 nitrogen and oxygen atoms in total. The molecule has 0 rings (SSSR count). The van der Waals surface area contributed by atoms with E-state index >= 15 is 0 Å². The lowest BCUT2D eigenvalue weighted by molar-refractivity contribution is -0.115. The molecule has 0 aliphatic carbocycles. The summed E-state index contributed by atoms with van der Waals surface area (Å²) in [5.74, 6) is 1.12. The normalized spacial score (nSPS) is 13.6. The van der Waals surface area contributed by atoms with Gasteiger partial charge in [0.2, 0.25) is 0 Å². The van der Waals surface area contributed by atoms with Crippen LogP contribution in [0.2, 0.25) is 0 Å². The lowest BCUT2D eigenvalue weighted by atomic mass is 10.0. The Morgan fingerprint density at radius 1 is 1.28 bits per heavy atom. The Bertz CT molecular complexity index is 323. The minimum absolute atomic E-state index is 0.0509. The number of methoxy groups -OCH3 is 3. The van der Waals surface area contributed by atoms with E-state index in [1.54, 1.807) is 21.1 Å². The van der Waals surface area contributed by atoms with E-state index in [0.717, 1.165) is 0 Å². The Morgan fingerprint density at radius 3 is 2.28 bits per heavy atom. The highest BCUT2D eigenvalue weighted by molar-refractivity contribution is 5.94. The van der Waals surface area contributed by atoms with Gasteiger partial charge < -0.3 is 19.9 Å². The second-order valence-electron chi connectivity index (χ2n) is 3.82. The zero-order valence-electron chi connectivity index (χ0n) is 11.6. The summed E-state index contributed by atoms with van der Waals surface area (Å²) in [5, 5.41) is 0. The van der Waals surface area contributed by atoms with Gasteiger partial charge in [0.1, 0.15) is 11.9 Å². The Labute approximate surface area is 109 Å². The molecule has 0 aromatic heterocycles. The summed E-state index contributed by atoms with van der Waals surface area (Å²) >= 11 is 0. The van der Waals surface area contributed by atoms with Crippen molar-refractivity contribution >= 4 is 5.78 Å². The number of rotatable bonds is 9. The maximum Gasteiger partial charge on any atom is 0.162 e. The maximum absolute atomic E-state index is 11.6. The maximum atomic E-state index is 11.6. The van der Waals surface area contributed by atoms with E-state index in [0.29, 0.717) is 36.5 Å². The van der Waals surface area contributed by atoms with Gasteiger partial charge in [-0.05, 0) is 19.0 Å². The third kappa shape index (κ3) is 4.89. The largest absolute Gasteiger partial charge is 0.498 e. The van der Waals surface area contributed by atoms with Crippen molar-refractivity contribution in [1.82, 2.24) is 0 Å². The number of hydrogen-bond acceptors (Lipinski definition) is 5. The zero-order valence-corrected chi connectivity index (χ0v) is 11.6. The monoisotopic (exact) mass is 257 g/mol. The Kier molecular flexibility index (Phi) is 8.07. The fourth-order valence-electron chi connectivity index (χ4n) is 1.53. The summed E-state index contributed by atoms with van der Waals surface area (Å²) in [6.07, 6.45) is 0.271. The molecule has 0 spiro atoms. The van der Waals surface area contributed by atoms with Crippen LogP contribution in [0, 0.1) is 0 Å². The lowest BCUT2D eigenvalue weighted by Gasteiger charge is -2.20. The topological polar surface area (TPSA) is 70.8 Å². The van der Waals surface area contributed by atoms with Crippen molar-refractivity contribution in [2.75, 3.05) is 27.9 Å². The van der Waals surface area contributed by atoms with Gasteiger partial charge in [-0.2, -0.15) is 0 Å². The average Bonchev–Trinajstić information content (AvgIpc) is 2.37.